The Kier molecular flexibility index (Phi) is 3.79. The highest BCUT2D eigenvalue weighted by Crippen LogP contribution is 2.23. The number of hydrogen-bond acceptors (Lipinski definition) is 5. The van der Waals surface area contributed by atoms with Crippen molar-refractivity contribution in [3.63, 3.8) is 0 Å². The van der Waals surface area contributed by atoms with Crippen LogP contribution in [0.15, 0.2) is 33.7 Å². The number of hydrogen-bond donors (Lipinski definition) is 1. The van der Waals surface area contributed by atoms with Gasteiger partial charge in [-0.15, -0.1) is 0 Å². The minimum atomic E-state index is -4.05. The van der Waals surface area contributed by atoms with Gasteiger partial charge in [-0.25, -0.2) is 13.2 Å². The van der Waals surface area contributed by atoms with Crippen LogP contribution in [0.4, 0.5) is 10.5 Å². The third-order valence-electron chi connectivity index (χ3n) is 2.67. The lowest BCUT2D eigenvalue weighted by atomic mass is 10.3. The molecule has 1 heterocycles. The number of ether oxygens (including phenoxy) is 1. The van der Waals surface area contributed by atoms with E-state index < -0.39 is 22.2 Å². The lowest BCUT2D eigenvalue weighted by Crippen LogP contribution is -2.25. The Morgan fingerprint density at radius 2 is 2.10 bits per heavy atom. The van der Waals surface area contributed by atoms with E-state index in [-0.39, 0.29) is 18.0 Å². The number of carbonyl (C=O) groups is 1. The van der Waals surface area contributed by atoms with Crippen molar-refractivity contribution in [3.05, 3.63) is 34.7 Å². The average molecular weight is 298 g/mol. The first-order valence-corrected chi connectivity index (χ1v) is 6.92. The minimum Gasteiger partial charge on any atom is -0.441 e. The molecule has 1 aliphatic heterocycles. The van der Waals surface area contributed by atoms with Gasteiger partial charge in [0.2, 0.25) is 0 Å². The maximum absolute atomic E-state index is 11.5. The number of amides is 1. The first kappa shape index (κ1) is 14.1. The summed E-state index contributed by atoms with van der Waals surface area (Å²) in [7, 11) is -4.05. The van der Waals surface area contributed by atoms with Crippen LogP contribution in [-0.4, -0.2) is 38.9 Å². The molecular formula is C10H10N4O5S. The molecule has 1 N–H and O–H groups in total. The van der Waals surface area contributed by atoms with Gasteiger partial charge in [-0.2, -0.15) is 0 Å². The second-order valence-corrected chi connectivity index (χ2v) is 5.52. The summed E-state index contributed by atoms with van der Waals surface area (Å²) >= 11 is 0. The highest BCUT2D eigenvalue weighted by Gasteiger charge is 2.31. The molecule has 0 spiro atoms. The topological polar surface area (TPSA) is 133 Å². The van der Waals surface area contributed by atoms with Gasteiger partial charge in [0.15, 0.2) is 0 Å². The minimum absolute atomic E-state index is 0.176. The number of azide groups is 1. The van der Waals surface area contributed by atoms with Crippen LogP contribution in [0.2, 0.25) is 0 Å². The summed E-state index contributed by atoms with van der Waals surface area (Å²) in [5.41, 5.74) is 8.59. The number of anilines is 1. The van der Waals surface area contributed by atoms with Crippen molar-refractivity contribution in [1.29, 1.82) is 0 Å². The van der Waals surface area contributed by atoms with Crippen molar-refractivity contribution in [2.75, 3.05) is 18.1 Å². The number of rotatable bonds is 4. The molecule has 0 unspecified atom stereocenters. The lowest BCUT2D eigenvalue weighted by Gasteiger charge is -2.12. The number of aliphatic hydroxyl groups excluding tert-OH is 1. The van der Waals surface area contributed by atoms with E-state index in [4.69, 9.17) is 15.4 Å². The van der Waals surface area contributed by atoms with E-state index in [1.165, 1.54) is 29.2 Å². The molecule has 0 aromatic heterocycles. The molecule has 20 heavy (non-hydrogen) atoms. The summed E-state index contributed by atoms with van der Waals surface area (Å²) < 4.78 is 30.5. The smallest absolute Gasteiger partial charge is 0.414 e. The maximum Gasteiger partial charge on any atom is 0.414 e. The second kappa shape index (κ2) is 5.37. The van der Waals surface area contributed by atoms with E-state index in [1.807, 2.05) is 0 Å². The van der Waals surface area contributed by atoms with E-state index in [0.29, 0.717) is 5.69 Å². The number of benzene rings is 1. The largest absolute Gasteiger partial charge is 0.441 e. The first-order chi connectivity index (χ1) is 9.47. The molecule has 9 nitrogen and oxygen atoms in total. The van der Waals surface area contributed by atoms with E-state index >= 15 is 0 Å². The fourth-order valence-electron chi connectivity index (χ4n) is 1.72. The summed E-state index contributed by atoms with van der Waals surface area (Å²) in [6, 6.07) is 5.22. The fraction of sp³-hybridized carbons (Fsp3) is 0.300. The van der Waals surface area contributed by atoms with E-state index in [1.54, 1.807) is 0 Å². The van der Waals surface area contributed by atoms with Gasteiger partial charge < -0.3 is 9.84 Å². The van der Waals surface area contributed by atoms with Crippen molar-refractivity contribution < 1.29 is 23.1 Å². The molecule has 1 atom stereocenters. The van der Waals surface area contributed by atoms with Gasteiger partial charge in [-0.05, 0) is 29.8 Å². The Labute approximate surface area is 114 Å². The van der Waals surface area contributed by atoms with E-state index in [2.05, 4.69) is 9.43 Å². The number of carbonyl (C=O) groups excluding carboxylic acids is 1. The third-order valence-corrected chi connectivity index (χ3v) is 3.82. The van der Waals surface area contributed by atoms with Gasteiger partial charge in [0, 0.05) is 15.1 Å². The van der Waals surface area contributed by atoms with Gasteiger partial charge in [0.05, 0.1) is 18.0 Å². The van der Waals surface area contributed by atoms with Crippen LogP contribution in [0.3, 0.4) is 0 Å². The standard InChI is InChI=1S/C10H10N4O5S/c11-12-13-20(17,18)9-3-1-7(2-4-9)14-5-8(6-15)19-10(14)16/h1-4,8,15H,5-6H2/t8-/m0/s1. The number of aliphatic hydroxyl groups is 1. The molecule has 106 valence electrons. The van der Waals surface area contributed by atoms with Crippen LogP contribution in [0.5, 0.6) is 0 Å². The molecule has 10 heteroatoms. The molecule has 0 bridgehead atoms. The van der Waals surface area contributed by atoms with Crippen molar-refractivity contribution in [3.8, 4) is 0 Å². The van der Waals surface area contributed by atoms with E-state index in [0.717, 1.165) is 0 Å². The average Bonchev–Trinajstić information content (AvgIpc) is 2.80. The summed E-state index contributed by atoms with van der Waals surface area (Å²) in [4.78, 5) is 14.9. The number of sulfonamides is 1. The molecule has 1 aliphatic rings. The molecule has 1 aromatic carbocycles. The summed E-state index contributed by atoms with van der Waals surface area (Å²) in [6.07, 6.45) is -1.22. The zero-order valence-corrected chi connectivity index (χ0v) is 10.9. The Balaban J connectivity index is 2.25. The normalized spacial score (nSPS) is 18.6. The van der Waals surface area contributed by atoms with Gasteiger partial charge in [-0.1, -0.05) is 0 Å². The predicted molar refractivity (Wildman–Crippen MR) is 67.5 cm³/mol. The molecule has 2 rings (SSSR count). The van der Waals surface area contributed by atoms with Crippen molar-refractivity contribution in [2.24, 2.45) is 4.52 Å². The third kappa shape index (κ3) is 2.67. The fourth-order valence-corrected chi connectivity index (χ4v) is 2.39. The molecule has 1 fully saturated rings. The van der Waals surface area contributed by atoms with E-state index in [9.17, 15) is 13.2 Å². The van der Waals surface area contributed by atoms with Crippen molar-refractivity contribution in [1.82, 2.24) is 0 Å². The second-order valence-electron chi connectivity index (χ2n) is 3.94. The Hall–Kier alpha value is -2.29. The first-order valence-electron chi connectivity index (χ1n) is 5.48. The molecule has 1 amide bonds. The van der Waals surface area contributed by atoms with Gasteiger partial charge in [0.1, 0.15) is 6.10 Å². The van der Waals surface area contributed by atoms with Gasteiger partial charge in [-0.3, -0.25) is 4.90 Å². The molecule has 0 saturated carbocycles. The van der Waals surface area contributed by atoms with Crippen molar-refractivity contribution in [2.45, 2.75) is 11.0 Å². The predicted octanol–water partition coefficient (Wildman–Crippen LogP) is 1.00. The van der Waals surface area contributed by atoms with Crippen LogP contribution >= 0.6 is 0 Å². The molecular weight excluding hydrogens is 288 g/mol. The number of nitrogens with zero attached hydrogens (tertiary/aromatic N) is 4. The highest BCUT2D eigenvalue weighted by atomic mass is 32.2. The monoisotopic (exact) mass is 298 g/mol. The number of cyclic esters (lactones) is 1. The summed E-state index contributed by atoms with van der Waals surface area (Å²) in [6.45, 7) is -0.108. The Morgan fingerprint density at radius 3 is 2.60 bits per heavy atom. The van der Waals surface area contributed by atoms with Crippen LogP contribution in [0, 0.1) is 0 Å². The summed E-state index contributed by atoms with van der Waals surface area (Å²) in [5, 5.41) is 8.93. The molecule has 1 aromatic rings. The quantitative estimate of drug-likeness (QED) is 0.503. The van der Waals surface area contributed by atoms with Crippen LogP contribution in [0.25, 0.3) is 10.4 Å². The lowest BCUT2D eigenvalue weighted by molar-refractivity contribution is 0.0963. The highest BCUT2D eigenvalue weighted by molar-refractivity contribution is 7.90. The molecule has 0 aliphatic carbocycles. The zero-order valence-electron chi connectivity index (χ0n) is 10.1. The van der Waals surface area contributed by atoms with Crippen LogP contribution in [0.1, 0.15) is 0 Å². The van der Waals surface area contributed by atoms with Crippen molar-refractivity contribution >= 4 is 21.8 Å². The van der Waals surface area contributed by atoms with Gasteiger partial charge >= 0.3 is 6.09 Å². The zero-order chi connectivity index (χ0) is 14.8. The molecule has 0 radical (unpaired) electrons. The Bertz CT molecular complexity index is 665. The maximum atomic E-state index is 11.5. The van der Waals surface area contributed by atoms with Crippen LogP contribution in [-0.2, 0) is 14.8 Å². The molecule has 1 saturated heterocycles. The SMILES string of the molecule is [N-]=[N+]=NS(=O)(=O)c1ccc(N2C[C@@H](CO)OC2=O)cc1. The van der Waals surface area contributed by atoms with Gasteiger partial charge in [0.25, 0.3) is 10.0 Å². The van der Waals surface area contributed by atoms with Crippen LogP contribution < -0.4 is 4.90 Å². The Morgan fingerprint density at radius 1 is 1.45 bits per heavy atom. The summed E-state index contributed by atoms with van der Waals surface area (Å²) in [5.74, 6) is 0.